The normalized spacial score (nSPS) is 12.2. The van der Waals surface area contributed by atoms with Crippen molar-refractivity contribution in [2.45, 2.75) is 13.0 Å². The van der Waals surface area contributed by atoms with Crippen LogP contribution >= 0.6 is 22.6 Å². The average Bonchev–Trinajstić information content (AvgIpc) is 2.14. The first-order chi connectivity index (χ1) is 6.59. The first kappa shape index (κ1) is 11.4. The Bertz CT molecular complexity index is 328. The predicted octanol–water partition coefficient (Wildman–Crippen LogP) is 0.797. The van der Waals surface area contributed by atoms with E-state index in [1.54, 1.807) is 19.2 Å². The molecule has 0 saturated heterocycles. The molecule has 0 aromatic carbocycles. The van der Waals surface area contributed by atoms with Gasteiger partial charge < -0.3 is 10.4 Å². The van der Waals surface area contributed by atoms with E-state index >= 15 is 0 Å². The number of aliphatic hydroxyl groups is 1. The molecule has 1 aromatic heterocycles. The fourth-order valence-electron chi connectivity index (χ4n) is 0.879. The first-order valence-corrected chi connectivity index (χ1v) is 5.24. The van der Waals surface area contributed by atoms with Crippen molar-refractivity contribution in [2.75, 3.05) is 6.54 Å². The SMILES string of the molecule is C[C@@H](O)CNC(=O)c1cncc(I)c1. The second-order valence-corrected chi connectivity index (χ2v) is 4.20. The van der Waals surface area contributed by atoms with E-state index in [1.807, 2.05) is 0 Å². The van der Waals surface area contributed by atoms with Gasteiger partial charge >= 0.3 is 0 Å². The Balaban J connectivity index is 2.61. The van der Waals surface area contributed by atoms with E-state index in [9.17, 15) is 4.79 Å². The number of nitrogens with zero attached hydrogens (tertiary/aromatic N) is 1. The molecule has 1 amide bonds. The Labute approximate surface area is 95.9 Å². The van der Waals surface area contributed by atoms with E-state index in [0.717, 1.165) is 3.57 Å². The van der Waals surface area contributed by atoms with Gasteiger partial charge in [0.05, 0.1) is 11.7 Å². The Morgan fingerprint density at radius 3 is 3.00 bits per heavy atom. The first-order valence-electron chi connectivity index (χ1n) is 4.16. The summed E-state index contributed by atoms with van der Waals surface area (Å²) in [5, 5.41) is 11.6. The summed E-state index contributed by atoms with van der Waals surface area (Å²) < 4.78 is 0.910. The van der Waals surface area contributed by atoms with Crippen molar-refractivity contribution in [3.8, 4) is 0 Å². The highest BCUT2D eigenvalue weighted by Gasteiger charge is 2.06. The van der Waals surface area contributed by atoms with Crippen LogP contribution < -0.4 is 5.32 Å². The van der Waals surface area contributed by atoms with Crippen LogP contribution in [0.4, 0.5) is 0 Å². The van der Waals surface area contributed by atoms with Crippen LogP contribution in [0.1, 0.15) is 17.3 Å². The number of carbonyl (C=O) groups is 1. The minimum absolute atomic E-state index is 0.211. The molecule has 0 aliphatic heterocycles. The summed E-state index contributed by atoms with van der Waals surface area (Å²) in [6, 6.07) is 1.74. The van der Waals surface area contributed by atoms with Crippen LogP contribution in [0.15, 0.2) is 18.5 Å². The second-order valence-electron chi connectivity index (χ2n) is 2.95. The maximum absolute atomic E-state index is 11.4. The standard InChI is InChI=1S/C9H11IN2O2/c1-6(13)3-12-9(14)7-2-8(10)5-11-4-7/h2,4-6,13H,3H2,1H3,(H,12,14)/t6-/m1/s1. The number of aliphatic hydroxyl groups excluding tert-OH is 1. The fourth-order valence-corrected chi connectivity index (χ4v) is 1.37. The number of rotatable bonds is 3. The topological polar surface area (TPSA) is 62.2 Å². The second kappa shape index (κ2) is 5.26. The molecule has 0 unspecified atom stereocenters. The summed E-state index contributed by atoms with van der Waals surface area (Å²) >= 11 is 2.09. The lowest BCUT2D eigenvalue weighted by molar-refractivity contribution is 0.0923. The number of hydrogen-bond acceptors (Lipinski definition) is 3. The number of pyridine rings is 1. The zero-order valence-electron chi connectivity index (χ0n) is 7.70. The van der Waals surface area contributed by atoms with Gasteiger partial charge in [0.15, 0.2) is 0 Å². The van der Waals surface area contributed by atoms with Gasteiger partial charge in [0, 0.05) is 22.5 Å². The lowest BCUT2D eigenvalue weighted by atomic mass is 10.2. The van der Waals surface area contributed by atoms with Crippen molar-refractivity contribution in [3.05, 3.63) is 27.6 Å². The molecule has 0 bridgehead atoms. The van der Waals surface area contributed by atoms with Gasteiger partial charge in [-0.3, -0.25) is 9.78 Å². The van der Waals surface area contributed by atoms with Crippen LogP contribution in [0, 0.1) is 3.57 Å². The molecule has 1 rings (SSSR count). The van der Waals surface area contributed by atoms with E-state index in [0.29, 0.717) is 5.56 Å². The lowest BCUT2D eigenvalue weighted by Gasteiger charge is -2.06. The molecular weight excluding hydrogens is 295 g/mol. The molecule has 14 heavy (non-hydrogen) atoms. The summed E-state index contributed by atoms with van der Waals surface area (Å²) in [5.41, 5.74) is 0.512. The van der Waals surface area contributed by atoms with Gasteiger partial charge in [0.1, 0.15) is 0 Å². The van der Waals surface area contributed by atoms with Gasteiger partial charge in [-0.2, -0.15) is 0 Å². The number of aromatic nitrogens is 1. The van der Waals surface area contributed by atoms with Crippen molar-refractivity contribution in [2.24, 2.45) is 0 Å². The predicted molar refractivity (Wildman–Crippen MR) is 61.0 cm³/mol. The smallest absolute Gasteiger partial charge is 0.252 e. The van der Waals surface area contributed by atoms with Crippen molar-refractivity contribution >= 4 is 28.5 Å². The Kier molecular flexibility index (Phi) is 4.27. The van der Waals surface area contributed by atoms with Crippen LogP contribution in [-0.4, -0.2) is 28.6 Å². The third-order valence-electron chi connectivity index (χ3n) is 1.53. The van der Waals surface area contributed by atoms with Gasteiger partial charge in [-0.1, -0.05) is 0 Å². The minimum Gasteiger partial charge on any atom is -0.392 e. The highest BCUT2D eigenvalue weighted by atomic mass is 127. The van der Waals surface area contributed by atoms with Gasteiger partial charge in [-0.05, 0) is 35.6 Å². The Hall–Kier alpha value is -0.690. The largest absolute Gasteiger partial charge is 0.392 e. The van der Waals surface area contributed by atoms with E-state index in [4.69, 9.17) is 5.11 Å². The number of hydrogen-bond donors (Lipinski definition) is 2. The highest BCUT2D eigenvalue weighted by molar-refractivity contribution is 14.1. The maximum atomic E-state index is 11.4. The molecule has 1 aromatic rings. The molecule has 4 nitrogen and oxygen atoms in total. The molecule has 0 aliphatic rings. The molecule has 0 aliphatic carbocycles. The van der Waals surface area contributed by atoms with Crippen LogP contribution in [0.3, 0.4) is 0 Å². The molecule has 0 fully saturated rings. The van der Waals surface area contributed by atoms with Crippen LogP contribution in [0.2, 0.25) is 0 Å². The molecule has 1 heterocycles. The van der Waals surface area contributed by atoms with Gasteiger partial charge in [-0.25, -0.2) is 0 Å². The fraction of sp³-hybridized carbons (Fsp3) is 0.333. The summed E-state index contributed by atoms with van der Waals surface area (Å²) in [5.74, 6) is -0.211. The minimum atomic E-state index is -0.533. The quantitative estimate of drug-likeness (QED) is 0.812. The Morgan fingerprint density at radius 2 is 2.43 bits per heavy atom. The molecule has 1 atom stereocenters. The molecule has 0 saturated carbocycles. The van der Waals surface area contributed by atoms with Crippen molar-refractivity contribution in [1.82, 2.24) is 10.3 Å². The monoisotopic (exact) mass is 306 g/mol. The third kappa shape index (κ3) is 3.59. The summed E-state index contributed by atoms with van der Waals surface area (Å²) in [4.78, 5) is 15.3. The highest BCUT2D eigenvalue weighted by Crippen LogP contribution is 2.04. The number of carbonyl (C=O) groups excluding carboxylic acids is 1. The summed E-state index contributed by atoms with van der Waals surface area (Å²) in [6.07, 6.45) is 2.64. The lowest BCUT2D eigenvalue weighted by Crippen LogP contribution is -2.30. The zero-order chi connectivity index (χ0) is 10.6. The van der Waals surface area contributed by atoms with Crippen molar-refractivity contribution < 1.29 is 9.90 Å². The van der Waals surface area contributed by atoms with E-state index in [2.05, 4.69) is 32.9 Å². The van der Waals surface area contributed by atoms with Crippen LogP contribution in [0.25, 0.3) is 0 Å². The van der Waals surface area contributed by atoms with Crippen LogP contribution in [0.5, 0.6) is 0 Å². The van der Waals surface area contributed by atoms with Crippen molar-refractivity contribution in [1.29, 1.82) is 0 Å². The molecule has 0 radical (unpaired) electrons. The van der Waals surface area contributed by atoms with Crippen LogP contribution in [-0.2, 0) is 0 Å². The number of halogens is 1. The van der Waals surface area contributed by atoms with Gasteiger partial charge in [0.25, 0.3) is 5.91 Å². The average molecular weight is 306 g/mol. The van der Waals surface area contributed by atoms with E-state index in [-0.39, 0.29) is 12.5 Å². The third-order valence-corrected chi connectivity index (χ3v) is 2.12. The van der Waals surface area contributed by atoms with E-state index < -0.39 is 6.10 Å². The molecule has 0 spiro atoms. The molecule has 5 heteroatoms. The number of nitrogens with one attached hydrogen (secondary N) is 1. The zero-order valence-corrected chi connectivity index (χ0v) is 9.85. The van der Waals surface area contributed by atoms with Crippen molar-refractivity contribution in [3.63, 3.8) is 0 Å². The number of amides is 1. The van der Waals surface area contributed by atoms with Gasteiger partial charge in [-0.15, -0.1) is 0 Å². The summed E-state index contributed by atoms with van der Waals surface area (Å²) in [7, 11) is 0. The molecule has 76 valence electrons. The Morgan fingerprint density at radius 1 is 1.71 bits per heavy atom. The summed E-state index contributed by atoms with van der Waals surface area (Å²) in [6.45, 7) is 1.87. The molecular formula is C9H11IN2O2. The maximum Gasteiger partial charge on any atom is 0.252 e. The molecule has 2 N–H and O–H groups in total. The van der Waals surface area contributed by atoms with E-state index in [1.165, 1.54) is 6.20 Å². The van der Waals surface area contributed by atoms with Gasteiger partial charge in [0.2, 0.25) is 0 Å².